The number of carbonyl (C=O) groups excluding carboxylic acids is 2. The van der Waals surface area contributed by atoms with Crippen molar-refractivity contribution in [2.45, 2.75) is 49.5 Å². The number of hydrogen-bond acceptors (Lipinski definition) is 3. The molecule has 218 valence electrons. The molecule has 2 amide bonds. The van der Waals surface area contributed by atoms with Crippen molar-refractivity contribution in [2.24, 2.45) is 0 Å². The summed E-state index contributed by atoms with van der Waals surface area (Å²) in [5, 5.41) is 4.25. The Morgan fingerprint density at radius 2 is 1.54 bits per heavy atom. The summed E-state index contributed by atoms with van der Waals surface area (Å²) in [4.78, 5) is 29.4. The first-order valence-corrected chi connectivity index (χ1v) is 15.0. The molecule has 0 aromatic heterocycles. The molecule has 41 heavy (non-hydrogen) atoms. The van der Waals surface area contributed by atoms with Crippen LogP contribution in [0.5, 0.6) is 0 Å². The topological polar surface area (TPSA) is 52.7 Å². The molecule has 5 rings (SSSR count). The summed E-state index contributed by atoms with van der Waals surface area (Å²) in [5.74, 6) is 0.0840. The van der Waals surface area contributed by atoms with E-state index in [9.17, 15) is 9.59 Å². The van der Waals surface area contributed by atoms with Crippen LogP contribution in [0.25, 0.3) is 0 Å². The molecule has 2 aliphatic rings. The number of piperidine rings is 2. The molecule has 3 aromatic carbocycles. The van der Waals surface area contributed by atoms with E-state index in [4.69, 9.17) is 23.2 Å². The van der Waals surface area contributed by atoms with Gasteiger partial charge in [-0.15, -0.1) is 12.4 Å². The van der Waals surface area contributed by atoms with E-state index >= 15 is 0 Å². The molecule has 2 aliphatic heterocycles. The van der Waals surface area contributed by atoms with E-state index in [1.165, 1.54) is 5.56 Å². The van der Waals surface area contributed by atoms with Gasteiger partial charge < -0.3 is 15.1 Å². The number of nitrogens with one attached hydrogen (secondary N) is 1. The number of amides is 2. The molecule has 2 saturated heterocycles. The molecule has 0 radical (unpaired) electrons. The van der Waals surface area contributed by atoms with E-state index in [0.29, 0.717) is 16.6 Å². The van der Waals surface area contributed by atoms with Crippen LogP contribution in [0.4, 0.5) is 0 Å². The van der Waals surface area contributed by atoms with Crippen LogP contribution < -0.4 is 5.32 Å². The normalized spacial score (nSPS) is 20.6. The Morgan fingerprint density at radius 1 is 0.854 bits per heavy atom. The Kier molecular flexibility index (Phi) is 10.8. The maximum atomic E-state index is 13.4. The monoisotopic (exact) mass is 613 g/mol. The summed E-state index contributed by atoms with van der Waals surface area (Å²) in [6.45, 7) is 4.25. The van der Waals surface area contributed by atoms with Crippen LogP contribution in [0.3, 0.4) is 0 Å². The van der Waals surface area contributed by atoms with Crippen LogP contribution in [0, 0.1) is 0 Å². The molecule has 0 aliphatic carbocycles. The second-order valence-electron chi connectivity index (χ2n) is 11.3. The van der Waals surface area contributed by atoms with E-state index in [0.717, 1.165) is 82.2 Å². The van der Waals surface area contributed by atoms with Crippen molar-refractivity contribution in [1.29, 1.82) is 0 Å². The molecule has 2 heterocycles. The van der Waals surface area contributed by atoms with Gasteiger partial charge in [-0.05, 0) is 80.5 Å². The van der Waals surface area contributed by atoms with Gasteiger partial charge in [0.25, 0.3) is 5.91 Å². The van der Waals surface area contributed by atoms with Gasteiger partial charge in [0.2, 0.25) is 6.41 Å². The van der Waals surface area contributed by atoms with Gasteiger partial charge in [-0.25, -0.2) is 0 Å². The molecule has 8 heteroatoms. The Morgan fingerprint density at radius 3 is 2.20 bits per heavy atom. The van der Waals surface area contributed by atoms with E-state index in [1.807, 2.05) is 65.6 Å². The summed E-state index contributed by atoms with van der Waals surface area (Å²) < 4.78 is 0. The molecule has 5 nitrogen and oxygen atoms in total. The summed E-state index contributed by atoms with van der Waals surface area (Å²) in [6, 6.07) is 25.8. The van der Waals surface area contributed by atoms with Gasteiger partial charge in [0.15, 0.2) is 0 Å². The van der Waals surface area contributed by atoms with Crippen molar-refractivity contribution in [3.05, 3.63) is 106 Å². The lowest BCUT2D eigenvalue weighted by atomic mass is 9.70. The highest BCUT2D eigenvalue weighted by molar-refractivity contribution is 6.42. The number of nitrogens with zero attached hydrogens (tertiary/aromatic N) is 2. The van der Waals surface area contributed by atoms with Gasteiger partial charge in [-0.3, -0.25) is 9.59 Å². The van der Waals surface area contributed by atoms with Crippen molar-refractivity contribution in [1.82, 2.24) is 15.1 Å². The lowest BCUT2D eigenvalue weighted by Crippen LogP contribution is -2.51. The number of rotatable bonds is 9. The van der Waals surface area contributed by atoms with Gasteiger partial charge >= 0.3 is 0 Å². The predicted molar refractivity (Wildman–Crippen MR) is 169 cm³/mol. The molecular weight excluding hydrogens is 577 g/mol. The van der Waals surface area contributed by atoms with E-state index < -0.39 is 0 Å². The third kappa shape index (κ3) is 7.09. The van der Waals surface area contributed by atoms with Crippen LogP contribution in [-0.2, 0) is 15.7 Å². The van der Waals surface area contributed by atoms with Crippen LogP contribution in [-0.4, -0.2) is 54.8 Å². The molecule has 0 bridgehead atoms. The van der Waals surface area contributed by atoms with Gasteiger partial charge in [0.05, 0.1) is 15.6 Å². The Labute approximate surface area is 259 Å². The summed E-state index contributed by atoms with van der Waals surface area (Å²) in [7, 11) is 0. The van der Waals surface area contributed by atoms with Crippen molar-refractivity contribution in [3.63, 3.8) is 0 Å². The van der Waals surface area contributed by atoms with Crippen molar-refractivity contribution < 1.29 is 9.59 Å². The van der Waals surface area contributed by atoms with Gasteiger partial charge in [0.1, 0.15) is 0 Å². The van der Waals surface area contributed by atoms with Crippen LogP contribution in [0.2, 0.25) is 10.0 Å². The molecular formula is C33H38Cl3N3O2. The summed E-state index contributed by atoms with van der Waals surface area (Å²) in [5.41, 5.74) is 2.57. The number of carbonyl (C=O) groups is 2. The second-order valence-corrected chi connectivity index (χ2v) is 12.1. The number of hydrogen-bond donors (Lipinski definition) is 1. The first kappa shape index (κ1) is 31.4. The first-order chi connectivity index (χ1) is 19.4. The minimum atomic E-state index is -0.303. The molecule has 3 aromatic rings. The smallest absolute Gasteiger partial charge is 0.253 e. The third-order valence-electron chi connectivity index (χ3n) is 8.92. The zero-order valence-corrected chi connectivity index (χ0v) is 25.6. The molecule has 1 atom stereocenters. The summed E-state index contributed by atoms with van der Waals surface area (Å²) >= 11 is 12.8. The summed E-state index contributed by atoms with van der Waals surface area (Å²) in [6.07, 6.45) is 6.52. The van der Waals surface area contributed by atoms with Gasteiger partial charge in [-0.2, -0.15) is 0 Å². The first-order valence-electron chi connectivity index (χ1n) is 14.2. The third-order valence-corrected chi connectivity index (χ3v) is 9.66. The highest BCUT2D eigenvalue weighted by Crippen LogP contribution is 2.41. The molecule has 0 spiro atoms. The number of halogens is 3. The minimum Gasteiger partial charge on any atom is -0.349 e. The van der Waals surface area contributed by atoms with E-state index in [2.05, 4.69) is 28.4 Å². The van der Waals surface area contributed by atoms with E-state index in [1.54, 1.807) is 0 Å². The maximum Gasteiger partial charge on any atom is 0.253 e. The lowest BCUT2D eigenvalue weighted by Gasteiger charge is -2.45. The van der Waals surface area contributed by atoms with Crippen molar-refractivity contribution >= 4 is 47.9 Å². The highest BCUT2D eigenvalue weighted by Gasteiger charge is 2.40. The number of benzene rings is 3. The Balaban J connectivity index is 0.00000387. The predicted octanol–water partition coefficient (Wildman–Crippen LogP) is 7.11. The van der Waals surface area contributed by atoms with Crippen molar-refractivity contribution in [3.8, 4) is 0 Å². The fraction of sp³-hybridized carbons (Fsp3) is 0.394. The molecule has 0 saturated carbocycles. The quantitative estimate of drug-likeness (QED) is 0.262. The van der Waals surface area contributed by atoms with Gasteiger partial charge in [-0.1, -0.05) is 77.8 Å². The van der Waals surface area contributed by atoms with Crippen LogP contribution in [0.15, 0.2) is 78.9 Å². The van der Waals surface area contributed by atoms with Crippen molar-refractivity contribution in [2.75, 3.05) is 32.7 Å². The largest absolute Gasteiger partial charge is 0.349 e. The number of likely N-dealkylation sites (tertiary alicyclic amines) is 2. The minimum absolute atomic E-state index is 0. The SMILES string of the molecule is Cl.O=CNC1(c2ccccc2)CCN(CCCC2(c3ccc(Cl)c(Cl)c3)CCCN(C(=O)c3ccccc3)C2)CC1. The molecule has 1 unspecified atom stereocenters. The highest BCUT2D eigenvalue weighted by atomic mass is 35.5. The van der Waals surface area contributed by atoms with Crippen LogP contribution in [0.1, 0.15) is 60.0 Å². The fourth-order valence-electron chi connectivity index (χ4n) is 6.66. The average Bonchev–Trinajstić information content (AvgIpc) is 3.00. The maximum absolute atomic E-state index is 13.4. The lowest BCUT2D eigenvalue weighted by molar-refractivity contribution is -0.112. The fourth-order valence-corrected chi connectivity index (χ4v) is 6.96. The molecule has 1 N–H and O–H groups in total. The standard InChI is InChI=1S/C33H37Cl2N3O2.ClH/c34-29-14-13-28(23-30(29)35)32(16-8-20-38(24-32)31(40)26-9-3-1-4-10-26)15-7-19-37-21-17-33(18-22-37,36-25-39)27-11-5-2-6-12-27;/h1-6,9-14,23,25H,7-8,15-22,24H2,(H,36,39);1H. The molecule has 2 fully saturated rings. The van der Waals surface area contributed by atoms with E-state index in [-0.39, 0.29) is 29.3 Å². The Hall–Kier alpha value is -2.57. The second kappa shape index (κ2) is 14.1. The Bertz CT molecular complexity index is 1300. The van der Waals surface area contributed by atoms with Crippen LogP contribution >= 0.6 is 35.6 Å². The zero-order valence-electron chi connectivity index (χ0n) is 23.2. The van der Waals surface area contributed by atoms with Gasteiger partial charge in [0, 0.05) is 37.2 Å². The average molecular weight is 615 g/mol. The zero-order chi connectivity index (χ0) is 28.0.